The zero-order valence-electron chi connectivity index (χ0n) is 12.2. The number of amides is 2. The summed E-state index contributed by atoms with van der Waals surface area (Å²) in [6, 6.07) is 0. The van der Waals surface area contributed by atoms with Gasteiger partial charge in [0.1, 0.15) is 0 Å². The van der Waals surface area contributed by atoms with Crippen molar-refractivity contribution in [3.63, 3.8) is 0 Å². The molecule has 0 saturated heterocycles. The van der Waals surface area contributed by atoms with Crippen LogP contribution in [-0.4, -0.2) is 82.2 Å². The largest absolute Gasteiger partial charge is 0.587 e. The van der Waals surface area contributed by atoms with Gasteiger partial charge in [-0.05, 0) is 14.1 Å². The smallest absolute Gasteiger partial charge is 0.383 e. The Morgan fingerprint density at radius 1 is 1.22 bits per heavy atom. The Hall–Kier alpha value is -1.01. The maximum Gasteiger partial charge on any atom is 0.587 e. The van der Waals surface area contributed by atoms with Crippen LogP contribution in [0.5, 0.6) is 0 Å². The highest BCUT2D eigenvalue weighted by atomic mass is 16.2. The molecule has 6 nitrogen and oxygen atoms in total. The lowest BCUT2D eigenvalue weighted by Crippen LogP contribution is -2.58. The van der Waals surface area contributed by atoms with E-state index in [1.807, 2.05) is 28.2 Å². The Morgan fingerprint density at radius 3 is 2.17 bits per heavy atom. The van der Waals surface area contributed by atoms with Gasteiger partial charge in [-0.2, -0.15) is 0 Å². The van der Waals surface area contributed by atoms with Gasteiger partial charge in [0.05, 0.1) is 20.6 Å². The second kappa shape index (κ2) is 7.43. The van der Waals surface area contributed by atoms with Gasteiger partial charge < -0.3 is 19.2 Å². The van der Waals surface area contributed by atoms with Crippen molar-refractivity contribution in [3.8, 4) is 0 Å². The summed E-state index contributed by atoms with van der Waals surface area (Å²) in [5.74, 6) is -0.340. The summed E-state index contributed by atoms with van der Waals surface area (Å²) in [6.45, 7) is 4.64. The number of carbonyl (C=O) groups excluding carboxylic acids is 2. The van der Waals surface area contributed by atoms with Gasteiger partial charge >= 0.3 is 15.1 Å². The van der Waals surface area contributed by atoms with Crippen molar-refractivity contribution >= 4 is 26.9 Å². The molecular weight excluding hydrogens is 230 g/mol. The minimum absolute atomic E-state index is 0.139. The molecule has 0 aliphatic heterocycles. The van der Waals surface area contributed by atoms with Gasteiger partial charge in [-0.3, -0.25) is 9.59 Å². The third kappa shape index (κ3) is 8.14. The average molecular weight is 253 g/mol. The topological polar surface area (TPSA) is 52.7 Å². The summed E-state index contributed by atoms with van der Waals surface area (Å²) in [5, 5.41) is 2.50. The number of hydrogen-bond acceptors (Lipinski definition) is 3. The molecule has 0 aromatic carbocycles. The van der Waals surface area contributed by atoms with E-state index >= 15 is 0 Å². The number of nitrogens with zero attached hydrogens (tertiary/aromatic N) is 3. The highest BCUT2D eigenvalue weighted by Crippen LogP contribution is 1.98. The summed E-state index contributed by atoms with van der Waals surface area (Å²) in [7, 11) is 11.2. The molecule has 0 aliphatic rings. The molecule has 0 rings (SSSR count). The zero-order valence-corrected chi connectivity index (χ0v) is 12.2. The number of hydrogen-bond donors (Lipinski definition) is 1. The molecule has 2 radical (unpaired) electrons. The summed E-state index contributed by atoms with van der Waals surface area (Å²) in [4.78, 5) is 24.4. The third-order valence-corrected chi connectivity index (χ3v) is 2.33. The van der Waals surface area contributed by atoms with E-state index in [4.69, 9.17) is 0 Å². The van der Waals surface area contributed by atoms with Crippen LogP contribution in [0.3, 0.4) is 0 Å². The molecule has 1 N–H and O–H groups in total. The predicted octanol–water partition coefficient (Wildman–Crippen LogP) is -1.32. The van der Waals surface area contributed by atoms with Crippen LogP contribution in [0.1, 0.15) is 13.8 Å². The third-order valence-electron chi connectivity index (χ3n) is 2.33. The summed E-state index contributed by atoms with van der Waals surface area (Å²) in [5.41, 5.74) is 0. The van der Waals surface area contributed by atoms with Crippen LogP contribution in [-0.2, 0) is 9.59 Å². The van der Waals surface area contributed by atoms with E-state index in [1.54, 1.807) is 7.55 Å². The fraction of sp³-hybridized carbons (Fsp3) is 0.800. The highest BCUT2D eigenvalue weighted by molar-refractivity contribution is 6.52. The summed E-state index contributed by atoms with van der Waals surface area (Å²) in [6.07, 6.45) is 0. The fourth-order valence-electron chi connectivity index (χ4n) is 1.22. The second-order valence-corrected chi connectivity index (χ2v) is 5.18. The Morgan fingerprint density at radius 2 is 1.78 bits per heavy atom. The van der Waals surface area contributed by atoms with Crippen LogP contribution in [0.25, 0.3) is 0 Å². The lowest BCUT2D eigenvalue weighted by molar-refractivity contribution is -0.781. The molecule has 0 atom stereocenters. The molecule has 0 aliphatic carbocycles. The minimum Gasteiger partial charge on any atom is -0.383 e. The molecule has 0 bridgehead atoms. The Kier molecular flexibility index (Phi) is 7.01. The van der Waals surface area contributed by atoms with Crippen molar-refractivity contribution in [1.82, 2.24) is 14.8 Å². The standard InChI is InChI=1S/C10H23B2N4O2/c1-9(17)13-11-15(10(2)18)12-16(5,6)8-7-14(3)4/h7-8H2,1-6H3,(H,13,17)/q+1. The van der Waals surface area contributed by atoms with Crippen molar-refractivity contribution in [2.24, 2.45) is 0 Å². The first-order valence-corrected chi connectivity index (χ1v) is 5.87. The van der Waals surface area contributed by atoms with Gasteiger partial charge in [0.2, 0.25) is 11.8 Å². The number of carbonyl (C=O) groups is 2. The molecular formula is C10H23B2N4O2+. The molecule has 8 heteroatoms. The first-order chi connectivity index (χ1) is 8.14. The first-order valence-electron chi connectivity index (χ1n) is 5.87. The van der Waals surface area contributed by atoms with Crippen LogP contribution < -0.4 is 5.23 Å². The minimum atomic E-state index is -0.201. The molecule has 0 fully saturated rings. The lowest BCUT2D eigenvalue weighted by Gasteiger charge is -2.33. The Balaban J connectivity index is 4.37. The van der Waals surface area contributed by atoms with Crippen LogP contribution in [0.2, 0.25) is 0 Å². The van der Waals surface area contributed by atoms with E-state index in [1.165, 1.54) is 26.1 Å². The van der Waals surface area contributed by atoms with Crippen molar-refractivity contribution in [2.75, 3.05) is 41.3 Å². The molecule has 0 saturated carbocycles. The monoisotopic (exact) mass is 253 g/mol. The SMILES string of the molecule is CC(=O)N[B]N([B][N+](C)(C)CCN(C)C)C(C)=O. The van der Waals surface area contributed by atoms with Gasteiger partial charge in [-0.15, -0.1) is 0 Å². The molecule has 0 aromatic heterocycles. The van der Waals surface area contributed by atoms with E-state index in [2.05, 4.69) is 10.1 Å². The van der Waals surface area contributed by atoms with Crippen molar-refractivity contribution < 1.29 is 14.0 Å². The van der Waals surface area contributed by atoms with E-state index in [9.17, 15) is 9.59 Å². The molecule has 0 heterocycles. The highest BCUT2D eigenvalue weighted by Gasteiger charge is 2.29. The molecule has 0 spiro atoms. The van der Waals surface area contributed by atoms with Crippen molar-refractivity contribution in [2.45, 2.75) is 13.8 Å². The molecule has 18 heavy (non-hydrogen) atoms. The second-order valence-electron chi connectivity index (χ2n) is 5.18. The quantitative estimate of drug-likeness (QED) is 0.572. The molecule has 0 aromatic rings. The van der Waals surface area contributed by atoms with E-state index in [-0.39, 0.29) is 11.8 Å². The fourth-order valence-corrected chi connectivity index (χ4v) is 1.22. The number of rotatable bonds is 7. The molecule has 0 unspecified atom stereocenters. The van der Waals surface area contributed by atoms with Crippen LogP contribution in [0, 0.1) is 0 Å². The maximum absolute atomic E-state index is 11.5. The van der Waals surface area contributed by atoms with E-state index in [0.717, 1.165) is 13.1 Å². The van der Waals surface area contributed by atoms with Crippen LogP contribution >= 0.6 is 0 Å². The van der Waals surface area contributed by atoms with Crippen LogP contribution in [0.15, 0.2) is 0 Å². The van der Waals surface area contributed by atoms with Gasteiger partial charge in [0.15, 0.2) is 0 Å². The number of quaternary nitrogens is 1. The molecule has 100 valence electrons. The van der Waals surface area contributed by atoms with Gasteiger partial charge in [-0.25, -0.2) is 0 Å². The number of likely N-dealkylation sites (N-methyl/N-ethyl adjacent to an activating group) is 2. The first kappa shape index (κ1) is 17.0. The van der Waals surface area contributed by atoms with Gasteiger partial charge in [0.25, 0.3) is 0 Å². The number of nitrogens with one attached hydrogen (secondary N) is 1. The zero-order chi connectivity index (χ0) is 14.3. The lowest BCUT2D eigenvalue weighted by atomic mass is 9.89. The predicted molar refractivity (Wildman–Crippen MR) is 73.4 cm³/mol. The van der Waals surface area contributed by atoms with Crippen molar-refractivity contribution in [1.29, 1.82) is 0 Å². The van der Waals surface area contributed by atoms with Crippen molar-refractivity contribution in [3.05, 3.63) is 0 Å². The summed E-state index contributed by atoms with van der Waals surface area (Å²) < 4.78 is 1.95. The van der Waals surface area contributed by atoms with Gasteiger partial charge in [-0.1, -0.05) is 0 Å². The maximum atomic E-state index is 11.5. The summed E-state index contributed by atoms with van der Waals surface area (Å²) >= 11 is 0. The molecule has 2 amide bonds. The van der Waals surface area contributed by atoms with Gasteiger partial charge in [0, 0.05) is 20.4 Å². The van der Waals surface area contributed by atoms with Crippen LogP contribution in [0.4, 0.5) is 0 Å². The Bertz CT molecular complexity index is 298. The average Bonchev–Trinajstić information content (AvgIpc) is 2.21. The van der Waals surface area contributed by atoms with E-state index < -0.39 is 0 Å². The van der Waals surface area contributed by atoms with E-state index in [0.29, 0.717) is 4.39 Å². The Labute approximate surface area is 111 Å². The normalized spacial score (nSPS) is 11.1.